The van der Waals surface area contributed by atoms with Crippen LogP contribution in [0.5, 0.6) is 0 Å². The molecule has 10 atom stereocenters. The van der Waals surface area contributed by atoms with Gasteiger partial charge in [0.25, 0.3) is 0 Å². The molecule has 14 heteroatoms. The Morgan fingerprint density at radius 1 is 0.840 bits per heavy atom. The number of rotatable bonds is 9. The standard InChI is InChI=1S/C36H43N3O11/c1-22-18-35(44,21-37-25-16-10-5-11-17-25)36(45)32(48-22)49-31-29(41)27(39(2)34(43)47-20-24-14-8-4-9-15-24)28(40)26(30(31)50-36)38-33(42)46-19-23-12-6-3-7-13-23/h3-17,22,26-32,37,40-41,44-45H,18-21H2,1-2H3,(H,38,42)/t22-,26+,27-,28-,29+,30?,31?,32?,35-,36-/m1/s1. The average molecular weight is 694 g/mol. The molecule has 0 aromatic heterocycles. The van der Waals surface area contributed by atoms with Gasteiger partial charge >= 0.3 is 12.2 Å². The van der Waals surface area contributed by atoms with Gasteiger partial charge < -0.3 is 59.6 Å². The van der Waals surface area contributed by atoms with Crippen molar-refractivity contribution < 1.29 is 53.7 Å². The van der Waals surface area contributed by atoms with E-state index in [1.54, 1.807) is 67.6 Å². The van der Waals surface area contributed by atoms with Gasteiger partial charge in [-0.3, -0.25) is 0 Å². The van der Waals surface area contributed by atoms with Gasteiger partial charge in [-0.25, -0.2) is 9.59 Å². The highest BCUT2D eigenvalue weighted by atomic mass is 16.8. The number of carbonyl (C=O) groups is 2. The molecule has 0 radical (unpaired) electrons. The Morgan fingerprint density at radius 3 is 2.04 bits per heavy atom. The number of amides is 2. The largest absolute Gasteiger partial charge is 0.445 e. The number of aliphatic hydroxyl groups is 4. The van der Waals surface area contributed by atoms with Gasteiger partial charge in [0.2, 0.25) is 12.1 Å². The second-order valence-corrected chi connectivity index (χ2v) is 13.0. The van der Waals surface area contributed by atoms with E-state index in [1.165, 1.54) is 7.05 Å². The van der Waals surface area contributed by atoms with Gasteiger partial charge in [0.1, 0.15) is 43.2 Å². The number of nitrogens with zero attached hydrogens (tertiary/aromatic N) is 1. The van der Waals surface area contributed by atoms with Crippen molar-refractivity contribution in [2.45, 2.75) is 86.8 Å². The van der Waals surface area contributed by atoms with Crippen LogP contribution in [0.4, 0.5) is 15.3 Å². The Balaban J connectivity index is 1.27. The first kappa shape index (κ1) is 35.5. The molecule has 3 aliphatic rings. The van der Waals surface area contributed by atoms with Crippen molar-refractivity contribution in [2.75, 3.05) is 18.9 Å². The number of para-hydroxylation sites is 1. The third-order valence-corrected chi connectivity index (χ3v) is 9.44. The van der Waals surface area contributed by atoms with Crippen LogP contribution in [0.25, 0.3) is 0 Å². The summed E-state index contributed by atoms with van der Waals surface area (Å²) in [6, 6.07) is 24.1. The fourth-order valence-electron chi connectivity index (χ4n) is 6.80. The van der Waals surface area contributed by atoms with Crippen LogP contribution in [0.3, 0.4) is 0 Å². The number of fused-ring (bicyclic) bond motifs is 2. The van der Waals surface area contributed by atoms with Gasteiger partial charge in [0.15, 0.2) is 0 Å². The monoisotopic (exact) mass is 693 g/mol. The number of carbonyl (C=O) groups excluding carboxylic acids is 2. The minimum absolute atomic E-state index is 0.0709. The van der Waals surface area contributed by atoms with Crippen LogP contribution < -0.4 is 10.6 Å². The summed E-state index contributed by atoms with van der Waals surface area (Å²) >= 11 is 0. The summed E-state index contributed by atoms with van der Waals surface area (Å²) in [7, 11) is 1.34. The second-order valence-electron chi connectivity index (χ2n) is 13.0. The summed E-state index contributed by atoms with van der Waals surface area (Å²) < 4.78 is 29.2. The predicted molar refractivity (Wildman–Crippen MR) is 177 cm³/mol. The molecule has 0 bridgehead atoms. The lowest BCUT2D eigenvalue weighted by atomic mass is 9.77. The molecule has 0 spiro atoms. The summed E-state index contributed by atoms with van der Waals surface area (Å²) in [4.78, 5) is 27.5. The molecule has 50 heavy (non-hydrogen) atoms. The normalized spacial score (nSPS) is 33.2. The summed E-state index contributed by atoms with van der Waals surface area (Å²) in [5.41, 5.74) is 0.0851. The van der Waals surface area contributed by atoms with Crippen molar-refractivity contribution in [1.29, 1.82) is 0 Å². The Morgan fingerprint density at radius 2 is 1.42 bits per heavy atom. The molecule has 3 fully saturated rings. The zero-order valence-corrected chi connectivity index (χ0v) is 27.7. The van der Waals surface area contributed by atoms with Crippen molar-refractivity contribution in [3.63, 3.8) is 0 Å². The van der Waals surface area contributed by atoms with E-state index in [2.05, 4.69) is 10.6 Å². The number of alkyl carbamates (subject to hydrolysis) is 1. The first-order valence-electron chi connectivity index (χ1n) is 16.5. The maximum absolute atomic E-state index is 13.2. The van der Waals surface area contributed by atoms with E-state index in [4.69, 9.17) is 23.7 Å². The molecular formula is C36H43N3O11. The van der Waals surface area contributed by atoms with Crippen molar-refractivity contribution in [3.05, 3.63) is 102 Å². The molecule has 2 aliphatic heterocycles. The van der Waals surface area contributed by atoms with Crippen LogP contribution in [0.15, 0.2) is 91.0 Å². The average Bonchev–Trinajstić information content (AvgIpc) is 3.12. The molecule has 1 aliphatic carbocycles. The van der Waals surface area contributed by atoms with E-state index in [0.29, 0.717) is 11.3 Å². The minimum Gasteiger partial charge on any atom is -0.445 e. The quantitative estimate of drug-likeness (QED) is 0.192. The van der Waals surface area contributed by atoms with E-state index >= 15 is 0 Å². The smallest absolute Gasteiger partial charge is 0.410 e. The molecule has 3 aromatic carbocycles. The van der Waals surface area contributed by atoms with Gasteiger partial charge in [-0.15, -0.1) is 0 Å². The third-order valence-electron chi connectivity index (χ3n) is 9.44. The SMILES string of the molecule is C[C@@H]1C[C@@](O)(CNc2ccccc2)[C@]2(O)OC3C(OC2O1)[C@@H](O)[C@H](N(C)C(=O)OCc1ccccc1)[C@H](O)[C@@H]3NC(=O)OCc1ccccc1. The van der Waals surface area contributed by atoms with E-state index in [1.807, 2.05) is 30.3 Å². The maximum Gasteiger partial charge on any atom is 0.410 e. The van der Waals surface area contributed by atoms with Crippen molar-refractivity contribution >= 4 is 17.9 Å². The summed E-state index contributed by atoms with van der Waals surface area (Å²) in [5, 5.41) is 53.3. The molecule has 2 heterocycles. The number of aliphatic hydroxyl groups excluding tert-OH is 2. The third kappa shape index (κ3) is 7.28. The second kappa shape index (κ2) is 14.9. The molecule has 3 unspecified atom stereocenters. The van der Waals surface area contributed by atoms with Crippen LogP contribution in [-0.4, -0.2) is 111 Å². The summed E-state index contributed by atoms with van der Waals surface area (Å²) in [6.45, 7) is 1.33. The van der Waals surface area contributed by atoms with Crippen molar-refractivity contribution in [2.24, 2.45) is 0 Å². The van der Waals surface area contributed by atoms with Crippen LogP contribution in [0.1, 0.15) is 24.5 Å². The maximum atomic E-state index is 13.2. The topological polar surface area (TPSA) is 189 Å². The first-order valence-corrected chi connectivity index (χ1v) is 16.5. The lowest BCUT2D eigenvalue weighted by Crippen LogP contribution is -2.81. The van der Waals surface area contributed by atoms with Crippen LogP contribution in [0.2, 0.25) is 0 Å². The van der Waals surface area contributed by atoms with Gasteiger partial charge in [0.05, 0.1) is 18.2 Å². The number of anilines is 1. The molecular weight excluding hydrogens is 650 g/mol. The van der Waals surface area contributed by atoms with Crippen LogP contribution >= 0.6 is 0 Å². The highest BCUT2D eigenvalue weighted by molar-refractivity contribution is 5.69. The molecule has 6 rings (SSSR count). The molecule has 3 aromatic rings. The zero-order valence-electron chi connectivity index (χ0n) is 27.7. The lowest BCUT2D eigenvalue weighted by molar-refractivity contribution is -0.481. The van der Waals surface area contributed by atoms with Crippen LogP contribution in [0, 0.1) is 0 Å². The Bertz CT molecular complexity index is 1590. The zero-order chi connectivity index (χ0) is 35.5. The predicted octanol–water partition coefficient (Wildman–Crippen LogP) is 2.10. The van der Waals surface area contributed by atoms with Crippen molar-refractivity contribution in [3.8, 4) is 0 Å². The molecule has 1 saturated carbocycles. The van der Waals surface area contributed by atoms with E-state index in [0.717, 1.165) is 10.5 Å². The lowest BCUT2D eigenvalue weighted by Gasteiger charge is -2.60. The first-order chi connectivity index (χ1) is 24.0. The molecule has 2 saturated heterocycles. The van der Waals surface area contributed by atoms with E-state index < -0.39 is 72.5 Å². The number of ether oxygens (including phenoxy) is 5. The van der Waals surface area contributed by atoms with Gasteiger partial charge in [-0.2, -0.15) is 0 Å². The highest BCUT2D eigenvalue weighted by Crippen LogP contribution is 2.47. The Hall–Kier alpha value is -4.28. The molecule has 2 amide bonds. The Kier molecular flexibility index (Phi) is 10.6. The van der Waals surface area contributed by atoms with E-state index in [-0.39, 0.29) is 26.2 Å². The molecule has 14 nitrogen and oxygen atoms in total. The molecule has 6 N–H and O–H groups in total. The minimum atomic E-state index is -2.54. The fraction of sp³-hybridized carbons (Fsp3) is 0.444. The van der Waals surface area contributed by atoms with Gasteiger partial charge in [0, 0.05) is 25.7 Å². The summed E-state index contributed by atoms with van der Waals surface area (Å²) in [5.74, 6) is -2.54. The number of benzene rings is 3. The van der Waals surface area contributed by atoms with Gasteiger partial charge in [-0.1, -0.05) is 78.9 Å². The van der Waals surface area contributed by atoms with Crippen LogP contribution in [-0.2, 0) is 36.9 Å². The van der Waals surface area contributed by atoms with Gasteiger partial charge in [-0.05, 0) is 30.2 Å². The Labute approximate surface area is 289 Å². The summed E-state index contributed by atoms with van der Waals surface area (Å²) in [6.07, 6.45) is -10.3. The fourth-order valence-corrected chi connectivity index (χ4v) is 6.80. The number of nitrogens with one attached hydrogen (secondary N) is 2. The molecule has 268 valence electrons. The number of hydrogen-bond donors (Lipinski definition) is 6. The number of likely N-dealkylation sites (N-methyl/N-ethyl adjacent to an activating group) is 1. The highest BCUT2D eigenvalue weighted by Gasteiger charge is 2.69. The number of hydrogen-bond acceptors (Lipinski definition) is 12. The van der Waals surface area contributed by atoms with Crippen molar-refractivity contribution in [1.82, 2.24) is 10.2 Å². The van der Waals surface area contributed by atoms with E-state index in [9.17, 15) is 30.0 Å².